The smallest absolute Gasteiger partial charge is 0.250 e. The zero-order valence-corrected chi connectivity index (χ0v) is 12.2. The lowest BCUT2D eigenvalue weighted by atomic mass is 10.1. The fraction of sp³-hybridized carbons (Fsp3) is 0.231. The Hall–Kier alpha value is -1.21. The van der Waals surface area contributed by atoms with Crippen molar-refractivity contribution in [3.63, 3.8) is 0 Å². The predicted molar refractivity (Wildman–Crippen MR) is 77.4 cm³/mol. The molecule has 0 bridgehead atoms. The Morgan fingerprint density at radius 3 is 2.42 bits per heavy atom. The Morgan fingerprint density at radius 2 is 1.84 bits per heavy atom. The number of aryl methyl sites for hydroxylation is 1. The summed E-state index contributed by atoms with van der Waals surface area (Å²) in [6.45, 7) is 2.54. The van der Waals surface area contributed by atoms with Gasteiger partial charge in [-0.1, -0.05) is 24.3 Å². The summed E-state index contributed by atoms with van der Waals surface area (Å²) in [6.07, 6.45) is 0. The van der Waals surface area contributed by atoms with Crippen molar-refractivity contribution in [2.24, 2.45) is 5.73 Å². The van der Waals surface area contributed by atoms with Gasteiger partial charge < -0.3 is 5.73 Å². The van der Waals surface area contributed by atoms with Crippen LogP contribution in [0, 0.1) is 6.92 Å². The van der Waals surface area contributed by atoms with Gasteiger partial charge in [-0.2, -0.15) is 0 Å². The fourth-order valence-electron chi connectivity index (χ4n) is 1.73. The summed E-state index contributed by atoms with van der Waals surface area (Å²) in [5.74, 6) is 0. The summed E-state index contributed by atoms with van der Waals surface area (Å²) >= 11 is 1.26. The average Bonchev–Trinajstić information content (AvgIpc) is 2.84. The number of nitrogens with one attached hydrogen (secondary N) is 1. The van der Waals surface area contributed by atoms with E-state index < -0.39 is 10.0 Å². The van der Waals surface area contributed by atoms with Gasteiger partial charge in [0.15, 0.2) is 0 Å². The molecule has 0 radical (unpaired) electrons. The quantitative estimate of drug-likeness (QED) is 0.886. The molecule has 4 nitrogen and oxygen atoms in total. The van der Waals surface area contributed by atoms with E-state index in [0.29, 0.717) is 10.8 Å². The third-order valence-corrected chi connectivity index (χ3v) is 5.67. The maximum atomic E-state index is 12.1. The van der Waals surface area contributed by atoms with E-state index in [1.54, 1.807) is 12.1 Å². The number of rotatable bonds is 5. The van der Waals surface area contributed by atoms with Crippen molar-refractivity contribution in [2.45, 2.75) is 24.2 Å². The van der Waals surface area contributed by atoms with Crippen LogP contribution in [0.25, 0.3) is 0 Å². The van der Waals surface area contributed by atoms with Crippen molar-refractivity contribution >= 4 is 21.4 Å². The summed E-state index contributed by atoms with van der Waals surface area (Å²) < 4.78 is 27.1. The van der Waals surface area contributed by atoms with Crippen LogP contribution in [-0.4, -0.2) is 8.42 Å². The van der Waals surface area contributed by atoms with E-state index in [9.17, 15) is 8.42 Å². The largest absolute Gasteiger partial charge is 0.326 e. The molecular weight excluding hydrogens is 280 g/mol. The topological polar surface area (TPSA) is 72.2 Å². The first-order valence-electron chi connectivity index (χ1n) is 5.86. The minimum absolute atomic E-state index is 0.257. The van der Waals surface area contributed by atoms with Crippen LogP contribution < -0.4 is 10.5 Å². The molecule has 0 atom stereocenters. The summed E-state index contributed by atoms with van der Waals surface area (Å²) in [7, 11) is -3.43. The van der Waals surface area contributed by atoms with Crippen molar-refractivity contribution in [2.75, 3.05) is 0 Å². The minimum Gasteiger partial charge on any atom is -0.326 e. The van der Waals surface area contributed by atoms with E-state index in [4.69, 9.17) is 5.73 Å². The molecule has 1 heterocycles. The van der Waals surface area contributed by atoms with Crippen LogP contribution in [0.2, 0.25) is 0 Å². The fourth-order valence-corrected chi connectivity index (χ4v) is 4.06. The van der Waals surface area contributed by atoms with Crippen LogP contribution in [0.15, 0.2) is 40.6 Å². The second-order valence-electron chi connectivity index (χ2n) is 4.16. The molecule has 0 unspecified atom stereocenters. The van der Waals surface area contributed by atoms with Crippen LogP contribution in [0.3, 0.4) is 0 Å². The molecule has 0 aliphatic heterocycles. The molecule has 0 saturated heterocycles. The summed E-state index contributed by atoms with van der Waals surface area (Å²) in [4.78, 5) is 0.975. The maximum Gasteiger partial charge on any atom is 0.250 e. The lowest BCUT2D eigenvalue weighted by molar-refractivity contribution is 0.583. The zero-order valence-electron chi connectivity index (χ0n) is 10.6. The van der Waals surface area contributed by atoms with E-state index >= 15 is 0 Å². The second-order valence-corrected chi connectivity index (χ2v) is 7.44. The number of hydrogen-bond donors (Lipinski definition) is 2. The normalized spacial score (nSPS) is 11.7. The summed E-state index contributed by atoms with van der Waals surface area (Å²) in [6, 6.07) is 11.0. The van der Waals surface area contributed by atoms with Gasteiger partial charge in [0, 0.05) is 18.0 Å². The minimum atomic E-state index is -3.43. The first-order valence-corrected chi connectivity index (χ1v) is 8.16. The average molecular weight is 296 g/mol. The van der Waals surface area contributed by atoms with E-state index in [0.717, 1.165) is 16.0 Å². The lowest BCUT2D eigenvalue weighted by Crippen LogP contribution is -2.23. The maximum absolute atomic E-state index is 12.1. The molecule has 0 aliphatic carbocycles. The Bertz CT molecular complexity index is 663. The number of sulfonamides is 1. The standard InChI is InChI=1S/C13H16N2O2S2/c1-10-6-7-13(18-10)19(16,17)15-9-12-5-3-2-4-11(12)8-14/h2-7,15H,8-9,14H2,1H3. The van der Waals surface area contributed by atoms with Crippen molar-refractivity contribution < 1.29 is 8.42 Å². The van der Waals surface area contributed by atoms with Gasteiger partial charge in [0.1, 0.15) is 4.21 Å². The number of benzene rings is 1. The third-order valence-electron chi connectivity index (χ3n) is 2.77. The molecule has 3 N–H and O–H groups in total. The molecular formula is C13H16N2O2S2. The van der Waals surface area contributed by atoms with Gasteiger partial charge >= 0.3 is 0 Å². The van der Waals surface area contributed by atoms with Crippen molar-refractivity contribution in [3.05, 3.63) is 52.4 Å². The van der Waals surface area contributed by atoms with Gasteiger partial charge in [-0.15, -0.1) is 11.3 Å². The Kier molecular flexibility index (Phi) is 4.36. The number of thiophene rings is 1. The Morgan fingerprint density at radius 1 is 1.16 bits per heavy atom. The number of nitrogens with two attached hydrogens (primary N) is 1. The van der Waals surface area contributed by atoms with Gasteiger partial charge in [0.2, 0.25) is 10.0 Å². The third kappa shape index (κ3) is 3.42. The summed E-state index contributed by atoms with van der Waals surface area (Å²) in [5.41, 5.74) is 7.49. The lowest BCUT2D eigenvalue weighted by Gasteiger charge is -2.08. The highest BCUT2D eigenvalue weighted by Gasteiger charge is 2.16. The van der Waals surface area contributed by atoms with Gasteiger partial charge in [-0.05, 0) is 30.2 Å². The highest BCUT2D eigenvalue weighted by molar-refractivity contribution is 7.91. The Balaban J connectivity index is 2.14. The molecule has 0 spiro atoms. The van der Waals surface area contributed by atoms with E-state index in [2.05, 4.69) is 4.72 Å². The molecule has 1 aromatic carbocycles. The molecule has 19 heavy (non-hydrogen) atoms. The Labute approximate surface area is 117 Å². The SMILES string of the molecule is Cc1ccc(S(=O)(=O)NCc2ccccc2CN)s1. The molecule has 0 amide bonds. The van der Waals surface area contributed by atoms with Crippen LogP contribution in [0.4, 0.5) is 0 Å². The molecule has 0 fully saturated rings. The van der Waals surface area contributed by atoms with Crippen LogP contribution in [0.1, 0.15) is 16.0 Å². The second kappa shape index (κ2) is 5.83. The first-order chi connectivity index (χ1) is 9.03. The van der Waals surface area contributed by atoms with Gasteiger partial charge in [-0.25, -0.2) is 13.1 Å². The van der Waals surface area contributed by atoms with Crippen LogP contribution in [0.5, 0.6) is 0 Å². The van der Waals surface area contributed by atoms with Crippen molar-refractivity contribution in [3.8, 4) is 0 Å². The molecule has 2 rings (SSSR count). The van der Waals surface area contributed by atoms with E-state index in [-0.39, 0.29) is 6.54 Å². The molecule has 6 heteroatoms. The van der Waals surface area contributed by atoms with Crippen LogP contribution >= 0.6 is 11.3 Å². The van der Waals surface area contributed by atoms with Crippen molar-refractivity contribution in [1.82, 2.24) is 4.72 Å². The molecule has 2 aromatic rings. The molecule has 1 aromatic heterocycles. The van der Waals surface area contributed by atoms with E-state index in [1.807, 2.05) is 31.2 Å². The van der Waals surface area contributed by atoms with Gasteiger partial charge in [-0.3, -0.25) is 0 Å². The zero-order chi connectivity index (χ0) is 13.9. The predicted octanol–water partition coefficient (Wildman–Crippen LogP) is 1.99. The van der Waals surface area contributed by atoms with Crippen molar-refractivity contribution in [1.29, 1.82) is 0 Å². The number of hydrogen-bond acceptors (Lipinski definition) is 4. The van der Waals surface area contributed by atoms with E-state index in [1.165, 1.54) is 11.3 Å². The van der Waals surface area contributed by atoms with Crippen LogP contribution in [-0.2, 0) is 23.1 Å². The van der Waals surface area contributed by atoms with Gasteiger partial charge in [0.05, 0.1) is 0 Å². The van der Waals surface area contributed by atoms with Gasteiger partial charge in [0.25, 0.3) is 0 Å². The molecule has 0 aliphatic rings. The monoisotopic (exact) mass is 296 g/mol. The first kappa shape index (κ1) is 14.2. The molecule has 0 saturated carbocycles. The molecule has 102 valence electrons. The highest BCUT2D eigenvalue weighted by Crippen LogP contribution is 2.20. The summed E-state index contributed by atoms with van der Waals surface area (Å²) in [5, 5.41) is 0. The highest BCUT2D eigenvalue weighted by atomic mass is 32.2.